The largest absolute Gasteiger partial charge is 0.378 e. The van der Waals surface area contributed by atoms with E-state index in [1.165, 1.54) is 5.56 Å². The van der Waals surface area contributed by atoms with Crippen molar-refractivity contribution < 1.29 is 9.47 Å². The van der Waals surface area contributed by atoms with Gasteiger partial charge in [0.05, 0.1) is 6.61 Å². The summed E-state index contributed by atoms with van der Waals surface area (Å²) in [7, 11) is 1.76. The molecule has 1 heterocycles. The Bertz CT molecular complexity index is 369. The van der Waals surface area contributed by atoms with Gasteiger partial charge in [-0.1, -0.05) is 42.5 Å². The quantitative estimate of drug-likeness (QED) is 0.781. The van der Waals surface area contributed by atoms with Gasteiger partial charge in [-0.25, -0.2) is 0 Å². The topological polar surface area (TPSA) is 30.5 Å². The summed E-state index contributed by atoms with van der Waals surface area (Å²) in [6.45, 7) is 3.18. The second-order valence-corrected chi connectivity index (χ2v) is 4.63. The molecule has 0 spiro atoms. The predicted octanol–water partition coefficient (Wildman–Crippen LogP) is 2.09. The van der Waals surface area contributed by atoms with E-state index < -0.39 is 0 Å². The lowest BCUT2D eigenvalue weighted by Crippen LogP contribution is -2.43. The first-order valence-corrected chi connectivity index (χ1v) is 6.40. The van der Waals surface area contributed by atoms with Gasteiger partial charge < -0.3 is 14.8 Å². The van der Waals surface area contributed by atoms with Crippen LogP contribution in [0.2, 0.25) is 0 Å². The fourth-order valence-corrected chi connectivity index (χ4v) is 2.10. The van der Waals surface area contributed by atoms with Gasteiger partial charge in [0.15, 0.2) is 0 Å². The number of hydrogen-bond donors (Lipinski definition) is 1. The summed E-state index contributed by atoms with van der Waals surface area (Å²) in [6.07, 6.45) is 5.23. The Morgan fingerprint density at radius 2 is 2.22 bits per heavy atom. The molecule has 0 amide bonds. The number of rotatable bonds is 6. The highest BCUT2D eigenvalue weighted by Crippen LogP contribution is 2.21. The predicted molar refractivity (Wildman–Crippen MR) is 73.5 cm³/mol. The van der Waals surface area contributed by atoms with Gasteiger partial charge in [0.2, 0.25) is 0 Å². The zero-order chi connectivity index (χ0) is 12.7. The third-order valence-corrected chi connectivity index (χ3v) is 3.32. The minimum atomic E-state index is -0.124. The molecule has 98 valence electrons. The molecule has 0 radical (unpaired) electrons. The molecule has 1 unspecified atom stereocenters. The summed E-state index contributed by atoms with van der Waals surface area (Å²) in [5.41, 5.74) is 1.10. The molecule has 3 heteroatoms. The summed E-state index contributed by atoms with van der Waals surface area (Å²) >= 11 is 0. The molecule has 1 N–H and O–H groups in total. The molecule has 0 saturated carbocycles. The third-order valence-electron chi connectivity index (χ3n) is 3.32. The van der Waals surface area contributed by atoms with Gasteiger partial charge in [0.25, 0.3) is 0 Å². The van der Waals surface area contributed by atoms with Crippen molar-refractivity contribution >= 4 is 6.08 Å². The van der Waals surface area contributed by atoms with Crippen molar-refractivity contribution in [2.75, 3.05) is 33.4 Å². The van der Waals surface area contributed by atoms with E-state index in [1.54, 1.807) is 7.11 Å². The van der Waals surface area contributed by atoms with Crippen molar-refractivity contribution in [3.05, 3.63) is 42.0 Å². The summed E-state index contributed by atoms with van der Waals surface area (Å²) in [5, 5.41) is 3.40. The minimum absolute atomic E-state index is 0.124. The van der Waals surface area contributed by atoms with Crippen LogP contribution in [0.4, 0.5) is 0 Å². The lowest BCUT2D eigenvalue weighted by Gasteiger charge is -2.25. The van der Waals surface area contributed by atoms with Gasteiger partial charge in [-0.2, -0.15) is 0 Å². The maximum atomic E-state index is 5.55. The van der Waals surface area contributed by atoms with E-state index in [0.29, 0.717) is 6.61 Å². The molecule has 1 aliphatic heterocycles. The van der Waals surface area contributed by atoms with Crippen molar-refractivity contribution in [1.29, 1.82) is 0 Å². The summed E-state index contributed by atoms with van der Waals surface area (Å²) in [6, 6.07) is 10.3. The average Bonchev–Trinajstić information content (AvgIpc) is 2.89. The third kappa shape index (κ3) is 3.67. The monoisotopic (exact) mass is 247 g/mol. The molecule has 0 aromatic heterocycles. The Labute approximate surface area is 109 Å². The Morgan fingerprint density at radius 3 is 2.89 bits per heavy atom. The van der Waals surface area contributed by atoms with Gasteiger partial charge in [-0.05, 0) is 5.56 Å². The van der Waals surface area contributed by atoms with Crippen LogP contribution < -0.4 is 5.32 Å². The first-order chi connectivity index (χ1) is 8.85. The normalized spacial score (nSPS) is 23.8. The molecule has 0 aliphatic carbocycles. The van der Waals surface area contributed by atoms with Crippen LogP contribution in [-0.2, 0) is 9.47 Å². The van der Waals surface area contributed by atoms with E-state index in [0.717, 1.165) is 26.1 Å². The zero-order valence-corrected chi connectivity index (χ0v) is 10.9. The summed E-state index contributed by atoms with van der Waals surface area (Å²) in [5.74, 6) is 0. The van der Waals surface area contributed by atoms with E-state index >= 15 is 0 Å². The van der Waals surface area contributed by atoms with Gasteiger partial charge in [0.1, 0.15) is 5.60 Å². The van der Waals surface area contributed by atoms with Crippen LogP contribution in [0.15, 0.2) is 36.4 Å². The molecule has 1 aromatic carbocycles. The van der Waals surface area contributed by atoms with Crippen LogP contribution in [0.1, 0.15) is 12.0 Å². The summed E-state index contributed by atoms with van der Waals surface area (Å²) in [4.78, 5) is 0. The lowest BCUT2D eigenvalue weighted by molar-refractivity contribution is -0.0150. The van der Waals surface area contributed by atoms with Gasteiger partial charge in [0, 0.05) is 33.2 Å². The fraction of sp³-hybridized carbons (Fsp3) is 0.467. The van der Waals surface area contributed by atoms with E-state index in [4.69, 9.17) is 9.47 Å². The van der Waals surface area contributed by atoms with Crippen LogP contribution in [0, 0.1) is 0 Å². The zero-order valence-electron chi connectivity index (χ0n) is 10.9. The summed E-state index contributed by atoms with van der Waals surface area (Å²) < 4.78 is 10.9. The molecule has 3 nitrogen and oxygen atoms in total. The standard InChI is InChI=1S/C15H21NO2/c1-17-15(9-11-18-13-15)12-16-10-5-8-14-6-3-2-4-7-14/h2-8,16H,9-13H2,1H3/b8-5+. The van der Waals surface area contributed by atoms with E-state index in [9.17, 15) is 0 Å². The van der Waals surface area contributed by atoms with Gasteiger partial charge in [-0.3, -0.25) is 0 Å². The molecule has 1 aliphatic rings. The second kappa shape index (κ2) is 6.69. The molecule has 2 rings (SSSR count). The van der Waals surface area contributed by atoms with Gasteiger partial charge in [-0.15, -0.1) is 0 Å². The minimum Gasteiger partial charge on any atom is -0.378 e. The van der Waals surface area contributed by atoms with E-state index in [1.807, 2.05) is 18.2 Å². The Kier molecular flexibility index (Phi) is 4.93. The van der Waals surface area contributed by atoms with Crippen LogP contribution >= 0.6 is 0 Å². The van der Waals surface area contributed by atoms with Crippen molar-refractivity contribution in [3.63, 3.8) is 0 Å². The smallest absolute Gasteiger partial charge is 0.106 e. The number of ether oxygens (including phenoxy) is 2. The SMILES string of the molecule is COC1(CNC/C=C/c2ccccc2)CCOC1. The maximum absolute atomic E-state index is 5.55. The molecular weight excluding hydrogens is 226 g/mol. The molecule has 0 bridgehead atoms. The van der Waals surface area contributed by atoms with Crippen molar-refractivity contribution in [3.8, 4) is 0 Å². The van der Waals surface area contributed by atoms with Crippen molar-refractivity contribution in [2.45, 2.75) is 12.0 Å². The Balaban J connectivity index is 1.71. The molecule has 1 aromatic rings. The van der Waals surface area contributed by atoms with Crippen molar-refractivity contribution in [1.82, 2.24) is 5.32 Å². The highest BCUT2D eigenvalue weighted by Gasteiger charge is 2.34. The highest BCUT2D eigenvalue weighted by molar-refractivity contribution is 5.48. The Hall–Kier alpha value is -1.16. The number of hydrogen-bond acceptors (Lipinski definition) is 3. The number of nitrogens with one attached hydrogen (secondary N) is 1. The first-order valence-electron chi connectivity index (χ1n) is 6.40. The number of benzene rings is 1. The molecule has 1 fully saturated rings. The Morgan fingerprint density at radius 1 is 1.39 bits per heavy atom. The second-order valence-electron chi connectivity index (χ2n) is 4.63. The van der Waals surface area contributed by atoms with Crippen LogP contribution in [0.5, 0.6) is 0 Å². The fourth-order valence-electron chi connectivity index (χ4n) is 2.10. The highest BCUT2D eigenvalue weighted by atomic mass is 16.5. The first kappa shape index (κ1) is 13.3. The molecule has 1 atom stereocenters. The lowest BCUT2D eigenvalue weighted by atomic mass is 10.0. The maximum Gasteiger partial charge on any atom is 0.106 e. The van der Waals surface area contributed by atoms with Crippen LogP contribution in [0.3, 0.4) is 0 Å². The number of methoxy groups -OCH3 is 1. The van der Waals surface area contributed by atoms with E-state index in [2.05, 4.69) is 29.6 Å². The van der Waals surface area contributed by atoms with E-state index in [-0.39, 0.29) is 5.60 Å². The molecule has 18 heavy (non-hydrogen) atoms. The van der Waals surface area contributed by atoms with Gasteiger partial charge >= 0.3 is 0 Å². The van der Waals surface area contributed by atoms with Crippen LogP contribution in [-0.4, -0.2) is 39.0 Å². The van der Waals surface area contributed by atoms with Crippen LogP contribution in [0.25, 0.3) is 6.08 Å². The van der Waals surface area contributed by atoms with Crippen molar-refractivity contribution in [2.24, 2.45) is 0 Å². The average molecular weight is 247 g/mol. The molecular formula is C15H21NO2. The molecule has 1 saturated heterocycles.